The van der Waals surface area contributed by atoms with E-state index in [1.807, 2.05) is 0 Å². The molecule has 0 bridgehead atoms. The van der Waals surface area contributed by atoms with E-state index in [1.54, 1.807) is 25.7 Å². The molecule has 3 heterocycles. The number of nitrogens with one attached hydrogen (secondary N) is 1. The zero-order valence-electron chi connectivity index (χ0n) is 14.3. The van der Waals surface area contributed by atoms with Gasteiger partial charge < -0.3 is 4.74 Å². The van der Waals surface area contributed by atoms with E-state index in [4.69, 9.17) is 4.74 Å². The molecule has 0 aliphatic carbocycles. The van der Waals surface area contributed by atoms with Crippen LogP contribution < -0.4 is 0 Å². The highest BCUT2D eigenvalue weighted by molar-refractivity contribution is 9.10. The summed E-state index contributed by atoms with van der Waals surface area (Å²) in [4.78, 5) is 38.8. The molecule has 0 radical (unpaired) electrons. The molecule has 1 aromatic rings. The molecule has 2 aliphatic rings. The van der Waals surface area contributed by atoms with Crippen molar-refractivity contribution in [1.82, 2.24) is 15.1 Å². The van der Waals surface area contributed by atoms with Crippen LogP contribution in [0.2, 0.25) is 0 Å². The Hall–Kier alpha value is -1.35. The molecule has 7 nitrogen and oxygen atoms in total. The minimum absolute atomic E-state index is 0.409. The fourth-order valence-electron chi connectivity index (χ4n) is 3.26. The van der Waals surface area contributed by atoms with E-state index in [2.05, 4.69) is 26.1 Å². The van der Waals surface area contributed by atoms with Gasteiger partial charge >= 0.3 is 6.09 Å². The number of hydrogen-bond acceptors (Lipinski definition) is 6. The SMILES string of the molecule is CC(C)(C)OC(=O)N1CCc2[nH]nc(Br)c2C1C1CCSC(=O)C1=O. The normalized spacial score (nSPS) is 24.2. The summed E-state index contributed by atoms with van der Waals surface area (Å²) < 4.78 is 6.10. The summed E-state index contributed by atoms with van der Waals surface area (Å²) in [6.07, 6.45) is 0.651. The van der Waals surface area contributed by atoms with Gasteiger partial charge in [0.15, 0.2) is 0 Å². The Balaban J connectivity index is 2.00. The standard InChI is InChI=1S/C16H20BrN3O4S/c1-16(2,3)24-15(23)20-6-4-9-10(13(17)19-18-9)11(20)8-5-7-25-14(22)12(8)21/h8,11H,4-7H2,1-3H3,(H,18,19). The maximum atomic E-state index is 12.8. The first-order valence-electron chi connectivity index (χ1n) is 8.12. The molecule has 1 fully saturated rings. The Kier molecular flexibility index (Phi) is 4.98. The lowest BCUT2D eigenvalue weighted by Gasteiger charge is -2.40. The average molecular weight is 430 g/mol. The number of hydrogen-bond donors (Lipinski definition) is 1. The monoisotopic (exact) mass is 429 g/mol. The van der Waals surface area contributed by atoms with Crippen molar-refractivity contribution < 1.29 is 19.1 Å². The van der Waals surface area contributed by atoms with E-state index in [0.29, 0.717) is 29.7 Å². The molecule has 1 N–H and O–H groups in total. The molecular formula is C16H20BrN3O4S. The fraction of sp³-hybridized carbons (Fsp3) is 0.625. The summed E-state index contributed by atoms with van der Waals surface area (Å²) in [7, 11) is 0. The molecule has 0 saturated carbocycles. The molecule has 2 unspecified atom stereocenters. The first-order chi connectivity index (χ1) is 11.7. The summed E-state index contributed by atoms with van der Waals surface area (Å²) in [6.45, 7) is 5.81. The molecular weight excluding hydrogens is 410 g/mol. The van der Waals surface area contributed by atoms with E-state index in [-0.39, 0.29) is 0 Å². The lowest BCUT2D eigenvalue weighted by Crippen LogP contribution is -2.48. The molecule has 9 heteroatoms. The quantitative estimate of drug-likeness (QED) is 0.689. The Labute approximate surface area is 158 Å². The van der Waals surface area contributed by atoms with E-state index in [0.717, 1.165) is 23.0 Å². The molecule has 0 aromatic carbocycles. The Morgan fingerprint density at radius 2 is 2.12 bits per heavy atom. The zero-order chi connectivity index (χ0) is 18.4. The van der Waals surface area contributed by atoms with Crippen LogP contribution in [0.4, 0.5) is 4.79 Å². The third-order valence-corrected chi connectivity index (χ3v) is 5.79. The molecule has 1 saturated heterocycles. The van der Waals surface area contributed by atoms with Gasteiger partial charge in [0, 0.05) is 30.0 Å². The Bertz CT molecular complexity index is 727. The number of rotatable bonds is 1. The van der Waals surface area contributed by atoms with Crippen LogP contribution in [0.15, 0.2) is 4.60 Å². The van der Waals surface area contributed by atoms with Crippen LogP contribution in [0.1, 0.15) is 44.5 Å². The third kappa shape index (κ3) is 3.62. The van der Waals surface area contributed by atoms with Gasteiger partial charge in [0.05, 0.1) is 12.0 Å². The second kappa shape index (κ2) is 6.75. The van der Waals surface area contributed by atoms with E-state index in [9.17, 15) is 14.4 Å². The van der Waals surface area contributed by atoms with Crippen molar-refractivity contribution in [2.24, 2.45) is 5.92 Å². The highest BCUT2D eigenvalue weighted by atomic mass is 79.9. The van der Waals surface area contributed by atoms with Gasteiger partial charge in [0.2, 0.25) is 5.78 Å². The van der Waals surface area contributed by atoms with Gasteiger partial charge in [-0.05, 0) is 43.1 Å². The largest absolute Gasteiger partial charge is 0.444 e. The summed E-state index contributed by atoms with van der Waals surface area (Å²) in [6, 6.07) is -0.552. The first-order valence-corrected chi connectivity index (χ1v) is 9.90. The minimum atomic E-state index is -0.641. The van der Waals surface area contributed by atoms with Gasteiger partial charge in [-0.2, -0.15) is 5.10 Å². The molecule has 0 spiro atoms. The Morgan fingerprint density at radius 3 is 2.80 bits per heavy atom. The third-order valence-electron chi connectivity index (χ3n) is 4.28. The Morgan fingerprint density at radius 1 is 1.40 bits per heavy atom. The van der Waals surface area contributed by atoms with Crippen LogP contribution >= 0.6 is 27.7 Å². The van der Waals surface area contributed by atoms with Crippen molar-refractivity contribution in [3.63, 3.8) is 0 Å². The zero-order valence-corrected chi connectivity index (χ0v) is 16.7. The lowest BCUT2D eigenvalue weighted by atomic mass is 9.84. The van der Waals surface area contributed by atoms with E-state index < -0.39 is 34.6 Å². The maximum absolute atomic E-state index is 12.8. The molecule has 3 rings (SSSR count). The highest BCUT2D eigenvalue weighted by Gasteiger charge is 2.46. The number of amides is 1. The molecule has 136 valence electrons. The summed E-state index contributed by atoms with van der Waals surface area (Å²) >= 11 is 4.45. The number of aromatic nitrogens is 2. The predicted molar refractivity (Wildman–Crippen MR) is 96.3 cm³/mol. The highest BCUT2D eigenvalue weighted by Crippen LogP contribution is 2.43. The lowest BCUT2D eigenvalue weighted by molar-refractivity contribution is -0.136. The number of Topliss-reactive ketones (excluding diaryl/α,β-unsaturated/α-hetero) is 1. The van der Waals surface area contributed by atoms with Gasteiger partial charge in [-0.15, -0.1) is 0 Å². The summed E-state index contributed by atoms with van der Waals surface area (Å²) in [5.74, 6) is -0.441. The van der Waals surface area contributed by atoms with Gasteiger partial charge in [0.1, 0.15) is 10.2 Å². The number of ether oxygens (including phenoxy) is 1. The number of thioether (sulfide) groups is 1. The molecule has 2 atom stereocenters. The number of aromatic amines is 1. The van der Waals surface area contributed by atoms with Crippen molar-refractivity contribution in [1.29, 1.82) is 0 Å². The number of nitrogens with zero attached hydrogens (tertiary/aromatic N) is 2. The van der Waals surface area contributed by atoms with Crippen LogP contribution in [0, 0.1) is 5.92 Å². The van der Waals surface area contributed by atoms with Gasteiger partial charge in [0.25, 0.3) is 5.12 Å². The second-order valence-corrected chi connectivity index (χ2v) is 8.99. The predicted octanol–water partition coefficient (Wildman–Crippen LogP) is 2.86. The van der Waals surface area contributed by atoms with Crippen molar-refractivity contribution >= 4 is 44.7 Å². The average Bonchev–Trinajstić information content (AvgIpc) is 2.89. The molecule has 1 amide bonds. The molecule has 25 heavy (non-hydrogen) atoms. The second-order valence-electron chi connectivity index (χ2n) is 7.17. The van der Waals surface area contributed by atoms with Gasteiger partial charge in [-0.3, -0.25) is 19.6 Å². The smallest absolute Gasteiger partial charge is 0.410 e. The van der Waals surface area contributed by atoms with Gasteiger partial charge in [-0.1, -0.05) is 11.8 Å². The summed E-state index contributed by atoms with van der Waals surface area (Å²) in [5.41, 5.74) is 1.02. The van der Waals surface area contributed by atoms with Crippen molar-refractivity contribution in [2.45, 2.75) is 45.3 Å². The number of fused-ring (bicyclic) bond motifs is 1. The minimum Gasteiger partial charge on any atom is -0.444 e. The number of ketones is 1. The van der Waals surface area contributed by atoms with E-state index in [1.165, 1.54) is 0 Å². The van der Waals surface area contributed by atoms with E-state index >= 15 is 0 Å². The summed E-state index contributed by atoms with van der Waals surface area (Å²) in [5, 5.41) is 6.68. The maximum Gasteiger partial charge on any atom is 0.410 e. The van der Waals surface area contributed by atoms with Crippen molar-refractivity contribution in [3.05, 3.63) is 15.9 Å². The van der Waals surface area contributed by atoms with Crippen LogP contribution in [-0.4, -0.2) is 50.0 Å². The fourth-order valence-corrected chi connectivity index (χ4v) is 4.67. The topological polar surface area (TPSA) is 92.4 Å². The number of carbonyl (C=O) groups is 3. The number of halogens is 1. The molecule has 1 aromatic heterocycles. The molecule has 2 aliphatic heterocycles. The van der Waals surface area contributed by atoms with Crippen LogP contribution in [-0.2, 0) is 20.7 Å². The number of H-pyrrole nitrogens is 1. The van der Waals surface area contributed by atoms with Crippen molar-refractivity contribution in [2.75, 3.05) is 12.3 Å². The van der Waals surface area contributed by atoms with Crippen LogP contribution in [0.5, 0.6) is 0 Å². The van der Waals surface area contributed by atoms with Gasteiger partial charge in [-0.25, -0.2) is 4.79 Å². The van der Waals surface area contributed by atoms with Crippen molar-refractivity contribution in [3.8, 4) is 0 Å². The first kappa shape index (κ1) is 18.4. The van der Waals surface area contributed by atoms with Crippen LogP contribution in [0.3, 0.4) is 0 Å². The van der Waals surface area contributed by atoms with Crippen LogP contribution in [0.25, 0.3) is 0 Å². The number of carbonyl (C=O) groups excluding carboxylic acids is 3.